The SMILES string of the molecule is COC(=O)[C@H](Cc1cc2cnccc2o1)NC(=O)c1ccc(OC)c(OCCc2ccc(Cl)cc2Cl)c1. The number of rotatable bonds is 10. The second kappa shape index (κ2) is 12.0. The van der Waals surface area contributed by atoms with Gasteiger partial charge in [0.15, 0.2) is 11.5 Å². The van der Waals surface area contributed by atoms with Crippen LogP contribution in [0.1, 0.15) is 21.7 Å². The summed E-state index contributed by atoms with van der Waals surface area (Å²) in [6.45, 7) is 0.286. The minimum atomic E-state index is -0.968. The van der Waals surface area contributed by atoms with Crippen LogP contribution in [-0.4, -0.2) is 43.7 Å². The lowest BCUT2D eigenvalue weighted by molar-refractivity contribution is -0.142. The number of pyridine rings is 1. The topological polar surface area (TPSA) is 99.9 Å². The molecule has 1 atom stereocenters. The van der Waals surface area contributed by atoms with Crippen molar-refractivity contribution in [1.29, 1.82) is 0 Å². The molecule has 0 unspecified atom stereocenters. The lowest BCUT2D eigenvalue weighted by Crippen LogP contribution is -2.43. The van der Waals surface area contributed by atoms with Crippen molar-refractivity contribution in [2.45, 2.75) is 18.9 Å². The molecular formula is C27H24Cl2N2O6. The second-order valence-corrected chi connectivity index (χ2v) is 8.92. The Morgan fingerprint density at radius 1 is 1.05 bits per heavy atom. The highest BCUT2D eigenvalue weighted by molar-refractivity contribution is 6.35. The van der Waals surface area contributed by atoms with Crippen LogP contribution in [0.5, 0.6) is 11.5 Å². The number of hydrogen-bond acceptors (Lipinski definition) is 7. The summed E-state index contributed by atoms with van der Waals surface area (Å²) in [5.74, 6) is 0.260. The van der Waals surface area contributed by atoms with E-state index >= 15 is 0 Å². The number of halogens is 2. The van der Waals surface area contributed by atoms with E-state index in [2.05, 4.69) is 10.3 Å². The van der Waals surface area contributed by atoms with E-state index in [4.69, 9.17) is 41.8 Å². The smallest absolute Gasteiger partial charge is 0.328 e. The minimum Gasteiger partial charge on any atom is -0.493 e. The van der Waals surface area contributed by atoms with E-state index in [0.29, 0.717) is 39.3 Å². The normalized spacial score (nSPS) is 11.7. The number of fused-ring (bicyclic) bond motifs is 1. The van der Waals surface area contributed by atoms with Gasteiger partial charge in [0.05, 0.1) is 20.8 Å². The van der Waals surface area contributed by atoms with Crippen molar-refractivity contribution in [2.75, 3.05) is 20.8 Å². The Morgan fingerprint density at radius 3 is 2.62 bits per heavy atom. The maximum atomic E-state index is 13.1. The van der Waals surface area contributed by atoms with E-state index in [1.54, 1.807) is 54.9 Å². The fourth-order valence-electron chi connectivity index (χ4n) is 3.74. The molecule has 2 aromatic heterocycles. The van der Waals surface area contributed by atoms with Gasteiger partial charge in [-0.05, 0) is 48.0 Å². The lowest BCUT2D eigenvalue weighted by Gasteiger charge is -2.17. The van der Waals surface area contributed by atoms with Crippen LogP contribution in [0, 0.1) is 0 Å². The van der Waals surface area contributed by atoms with Gasteiger partial charge in [0.25, 0.3) is 5.91 Å². The van der Waals surface area contributed by atoms with E-state index in [9.17, 15) is 9.59 Å². The summed E-state index contributed by atoms with van der Waals surface area (Å²) >= 11 is 12.2. The molecule has 2 aromatic carbocycles. The van der Waals surface area contributed by atoms with Gasteiger partial charge in [-0.3, -0.25) is 9.78 Å². The summed E-state index contributed by atoms with van der Waals surface area (Å²) in [6.07, 6.45) is 3.90. The number of carbonyl (C=O) groups is 2. The van der Waals surface area contributed by atoms with Crippen LogP contribution in [0.2, 0.25) is 10.0 Å². The fourth-order valence-corrected chi connectivity index (χ4v) is 4.25. The maximum Gasteiger partial charge on any atom is 0.328 e. The van der Waals surface area contributed by atoms with E-state index < -0.39 is 17.9 Å². The summed E-state index contributed by atoms with van der Waals surface area (Å²) in [7, 11) is 2.77. The highest BCUT2D eigenvalue weighted by Gasteiger charge is 2.25. The van der Waals surface area contributed by atoms with Crippen LogP contribution in [-0.2, 0) is 22.4 Å². The van der Waals surface area contributed by atoms with Crippen LogP contribution in [0.3, 0.4) is 0 Å². The van der Waals surface area contributed by atoms with E-state index in [1.165, 1.54) is 14.2 Å². The highest BCUT2D eigenvalue weighted by Crippen LogP contribution is 2.29. The molecule has 192 valence electrons. The summed E-state index contributed by atoms with van der Waals surface area (Å²) in [5, 5.41) is 4.62. The van der Waals surface area contributed by atoms with Gasteiger partial charge < -0.3 is 23.9 Å². The van der Waals surface area contributed by atoms with Gasteiger partial charge in [0, 0.05) is 46.2 Å². The number of aromatic nitrogens is 1. The molecule has 0 bridgehead atoms. The average molecular weight is 543 g/mol. The van der Waals surface area contributed by atoms with Crippen molar-refractivity contribution in [3.8, 4) is 11.5 Å². The molecule has 10 heteroatoms. The minimum absolute atomic E-state index is 0.106. The molecule has 37 heavy (non-hydrogen) atoms. The van der Waals surface area contributed by atoms with E-state index in [0.717, 1.165) is 10.9 Å². The van der Waals surface area contributed by atoms with Gasteiger partial charge in [-0.1, -0.05) is 29.3 Å². The molecule has 1 amide bonds. The van der Waals surface area contributed by atoms with Crippen molar-refractivity contribution in [2.24, 2.45) is 0 Å². The number of methoxy groups -OCH3 is 2. The summed E-state index contributed by atoms with van der Waals surface area (Å²) in [5.41, 5.74) is 1.79. The van der Waals surface area contributed by atoms with Gasteiger partial charge >= 0.3 is 5.97 Å². The number of nitrogens with zero attached hydrogens (tertiary/aromatic N) is 1. The van der Waals surface area contributed by atoms with Crippen molar-refractivity contribution in [3.05, 3.63) is 87.9 Å². The Hall–Kier alpha value is -3.75. The molecule has 0 fully saturated rings. The molecule has 0 saturated carbocycles. The first-order valence-corrected chi connectivity index (χ1v) is 12.1. The summed E-state index contributed by atoms with van der Waals surface area (Å²) in [4.78, 5) is 29.6. The average Bonchev–Trinajstić information content (AvgIpc) is 3.31. The first kappa shape index (κ1) is 26.3. The summed E-state index contributed by atoms with van der Waals surface area (Å²) in [6, 6.07) is 12.6. The zero-order valence-electron chi connectivity index (χ0n) is 20.1. The molecule has 4 rings (SSSR count). The summed E-state index contributed by atoms with van der Waals surface area (Å²) < 4.78 is 21.9. The Bertz CT molecular complexity index is 1390. The van der Waals surface area contributed by atoms with Gasteiger partial charge in [-0.2, -0.15) is 0 Å². The monoisotopic (exact) mass is 542 g/mol. The fraction of sp³-hybridized carbons (Fsp3) is 0.222. The first-order valence-electron chi connectivity index (χ1n) is 11.3. The second-order valence-electron chi connectivity index (χ2n) is 8.08. The lowest BCUT2D eigenvalue weighted by atomic mass is 10.1. The van der Waals surface area contributed by atoms with Crippen molar-refractivity contribution in [3.63, 3.8) is 0 Å². The molecule has 8 nitrogen and oxygen atoms in total. The highest BCUT2D eigenvalue weighted by atomic mass is 35.5. The molecule has 2 heterocycles. The van der Waals surface area contributed by atoms with Crippen LogP contribution < -0.4 is 14.8 Å². The third-order valence-corrected chi connectivity index (χ3v) is 6.22. The number of ether oxygens (including phenoxy) is 3. The molecule has 1 N–H and O–H groups in total. The molecule has 0 aliphatic carbocycles. The quantitative estimate of drug-likeness (QED) is 0.272. The molecule has 0 aliphatic rings. The number of carbonyl (C=O) groups excluding carboxylic acids is 2. The molecule has 0 radical (unpaired) electrons. The number of benzene rings is 2. The van der Waals surface area contributed by atoms with Crippen molar-refractivity contribution in [1.82, 2.24) is 10.3 Å². The molecule has 0 aliphatic heterocycles. The molecule has 4 aromatic rings. The Kier molecular flexibility index (Phi) is 8.53. The van der Waals surface area contributed by atoms with Crippen LogP contribution in [0.4, 0.5) is 0 Å². The van der Waals surface area contributed by atoms with Crippen molar-refractivity contribution >= 4 is 46.0 Å². The maximum absolute atomic E-state index is 13.1. The zero-order chi connectivity index (χ0) is 26.4. The van der Waals surface area contributed by atoms with Gasteiger partial charge in [-0.25, -0.2) is 4.79 Å². The predicted molar refractivity (Wildman–Crippen MR) is 140 cm³/mol. The number of amides is 1. The molecule has 0 spiro atoms. The van der Waals surface area contributed by atoms with E-state index in [1.807, 2.05) is 6.07 Å². The Balaban J connectivity index is 1.46. The zero-order valence-corrected chi connectivity index (χ0v) is 21.6. The van der Waals surface area contributed by atoms with Crippen LogP contribution >= 0.6 is 23.2 Å². The van der Waals surface area contributed by atoms with Crippen LogP contribution in [0.15, 0.2) is 65.3 Å². The third-order valence-electron chi connectivity index (χ3n) is 5.63. The first-order chi connectivity index (χ1) is 17.9. The predicted octanol–water partition coefficient (Wildman–Crippen LogP) is 5.28. The van der Waals surface area contributed by atoms with Crippen molar-refractivity contribution < 1.29 is 28.2 Å². The number of hydrogen-bond donors (Lipinski definition) is 1. The Morgan fingerprint density at radius 2 is 1.89 bits per heavy atom. The van der Waals surface area contributed by atoms with Crippen LogP contribution in [0.25, 0.3) is 11.0 Å². The molecular weight excluding hydrogens is 519 g/mol. The van der Waals surface area contributed by atoms with Gasteiger partial charge in [0.1, 0.15) is 17.4 Å². The third kappa shape index (κ3) is 6.53. The van der Waals surface area contributed by atoms with E-state index in [-0.39, 0.29) is 18.6 Å². The molecule has 0 saturated heterocycles. The standard InChI is InChI=1S/C27H24Cl2N2O6/c1-34-24-6-4-17(12-25(24)36-10-8-16-3-5-19(28)13-21(16)29)26(32)31-22(27(33)35-2)14-20-11-18-15-30-9-7-23(18)37-20/h3-7,9,11-13,15,22H,8,10,14H2,1-2H3,(H,31,32)/t22-/m0/s1. The number of esters is 1. The van der Waals surface area contributed by atoms with Gasteiger partial charge in [-0.15, -0.1) is 0 Å². The number of nitrogens with one attached hydrogen (secondary N) is 1. The van der Waals surface area contributed by atoms with Gasteiger partial charge in [0.2, 0.25) is 0 Å². The Labute approximate surface area is 223 Å². The number of furan rings is 1. The largest absolute Gasteiger partial charge is 0.493 e.